The Bertz CT molecular complexity index is 614. The minimum absolute atomic E-state index is 0.0546. The van der Waals surface area contributed by atoms with Crippen molar-refractivity contribution in [2.24, 2.45) is 0 Å². The Morgan fingerprint density at radius 2 is 2.05 bits per heavy atom. The second-order valence-corrected chi connectivity index (χ2v) is 7.84. The van der Waals surface area contributed by atoms with Crippen molar-refractivity contribution in [2.75, 3.05) is 6.61 Å². The van der Waals surface area contributed by atoms with Gasteiger partial charge in [-0.25, -0.2) is 13.1 Å². The number of nitrogens with one attached hydrogen (secondary N) is 1. The molecule has 2 unspecified atom stereocenters. The van der Waals surface area contributed by atoms with E-state index in [1.807, 2.05) is 0 Å². The summed E-state index contributed by atoms with van der Waals surface area (Å²) in [5, 5.41) is 0.603. The summed E-state index contributed by atoms with van der Waals surface area (Å²) >= 11 is 12.3. The molecule has 1 saturated heterocycles. The average molecular weight is 352 g/mol. The van der Waals surface area contributed by atoms with Crippen molar-refractivity contribution in [3.63, 3.8) is 0 Å². The Morgan fingerprint density at radius 3 is 2.62 bits per heavy atom. The minimum atomic E-state index is -3.75. The summed E-state index contributed by atoms with van der Waals surface area (Å²) in [6.45, 7) is 5.86. The van der Waals surface area contributed by atoms with Crippen molar-refractivity contribution >= 4 is 33.2 Å². The third-order valence-corrected chi connectivity index (χ3v) is 6.44. The van der Waals surface area contributed by atoms with Crippen molar-refractivity contribution < 1.29 is 13.2 Å². The van der Waals surface area contributed by atoms with Gasteiger partial charge in [-0.2, -0.15) is 0 Å². The normalized spacial score (nSPS) is 20.7. The van der Waals surface area contributed by atoms with Crippen LogP contribution in [0.4, 0.5) is 0 Å². The SMILES string of the molecule is Cc1cc(Cl)c(C)c(S(=O)(=O)NC(C)C2CCCO2)c1Cl. The van der Waals surface area contributed by atoms with Crippen LogP contribution in [0.5, 0.6) is 0 Å². The molecule has 118 valence electrons. The molecule has 0 aliphatic carbocycles. The largest absolute Gasteiger partial charge is 0.377 e. The topological polar surface area (TPSA) is 55.4 Å². The van der Waals surface area contributed by atoms with Gasteiger partial charge in [0.25, 0.3) is 0 Å². The lowest BCUT2D eigenvalue weighted by Crippen LogP contribution is -2.41. The lowest BCUT2D eigenvalue weighted by molar-refractivity contribution is 0.0902. The van der Waals surface area contributed by atoms with Gasteiger partial charge in [-0.3, -0.25) is 0 Å². The monoisotopic (exact) mass is 351 g/mol. The average Bonchev–Trinajstić information content (AvgIpc) is 2.89. The van der Waals surface area contributed by atoms with Gasteiger partial charge in [0.2, 0.25) is 10.0 Å². The van der Waals surface area contributed by atoms with Gasteiger partial charge in [-0.15, -0.1) is 0 Å². The van der Waals surface area contributed by atoms with E-state index in [-0.39, 0.29) is 22.1 Å². The van der Waals surface area contributed by atoms with E-state index in [4.69, 9.17) is 27.9 Å². The molecular formula is C14H19Cl2NO3S. The van der Waals surface area contributed by atoms with E-state index >= 15 is 0 Å². The van der Waals surface area contributed by atoms with E-state index in [1.54, 1.807) is 26.8 Å². The Hall–Kier alpha value is -0.330. The van der Waals surface area contributed by atoms with E-state index < -0.39 is 10.0 Å². The predicted molar refractivity (Wildman–Crippen MR) is 84.7 cm³/mol. The molecule has 2 rings (SSSR count). The summed E-state index contributed by atoms with van der Waals surface area (Å²) in [5.41, 5.74) is 1.09. The lowest BCUT2D eigenvalue weighted by Gasteiger charge is -2.21. The number of ether oxygens (including phenoxy) is 1. The Morgan fingerprint density at radius 1 is 1.38 bits per heavy atom. The van der Waals surface area contributed by atoms with Crippen molar-refractivity contribution in [3.05, 3.63) is 27.2 Å². The van der Waals surface area contributed by atoms with Gasteiger partial charge in [0.1, 0.15) is 4.90 Å². The van der Waals surface area contributed by atoms with Gasteiger partial charge in [0.05, 0.1) is 11.1 Å². The van der Waals surface area contributed by atoms with Crippen LogP contribution in [0, 0.1) is 13.8 Å². The quantitative estimate of drug-likeness (QED) is 0.903. The molecular weight excluding hydrogens is 333 g/mol. The molecule has 0 spiro atoms. The summed E-state index contributed by atoms with van der Waals surface area (Å²) in [4.78, 5) is 0.0546. The second kappa shape index (κ2) is 6.42. The molecule has 1 aliphatic rings. The number of rotatable bonds is 4. The van der Waals surface area contributed by atoms with Crippen LogP contribution < -0.4 is 4.72 Å². The molecule has 1 N–H and O–H groups in total. The van der Waals surface area contributed by atoms with Crippen LogP contribution in [0.25, 0.3) is 0 Å². The fourth-order valence-corrected chi connectivity index (χ4v) is 4.99. The highest BCUT2D eigenvalue weighted by Gasteiger charge is 2.30. The van der Waals surface area contributed by atoms with Crippen LogP contribution in [0.3, 0.4) is 0 Å². The van der Waals surface area contributed by atoms with E-state index in [0.29, 0.717) is 22.8 Å². The molecule has 7 heteroatoms. The molecule has 0 radical (unpaired) electrons. The highest BCUT2D eigenvalue weighted by Crippen LogP contribution is 2.33. The fraction of sp³-hybridized carbons (Fsp3) is 0.571. The maximum Gasteiger partial charge on any atom is 0.242 e. The third-order valence-electron chi connectivity index (χ3n) is 3.72. The molecule has 1 aromatic rings. The summed E-state index contributed by atoms with van der Waals surface area (Å²) in [6, 6.07) is 1.36. The fourth-order valence-electron chi connectivity index (χ4n) is 2.51. The number of hydrogen-bond acceptors (Lipinski definition) is 3. The molecule has 1 fully saturated rings. The number of halogens is 2. The Balaban J connectivity index is 2.35. The first kappa shape index (κ1) is 17.0. The molecule has 21 heavy (non-hydrogen) atoms. The molecule has 0 aromatic heterocycles. The lowest BCUT2D eigenvalue weighted by atomic mass is 10.1. The van der Waals surface area contributed by atoms with Crippen LogP contribution >= 0.6 is 23.2 Å². The van der Waals surface area contributed by atoms with Crippen molar-refractivity contribution in [3.8, 4) is 0 Å². The molecule has 0 saturated carbocycles. The smallest absolute Gasteiger partial charge is 0.242 e. The Kier molecular flexibility index (Phi) is 5.21. The van der Waals surface area contributed by atoms with Gasteiger partial charge < -0.3 is 4.74 Å². The highest BCUT2D eigenvalue weighted by molar-refractivity contribution is 7.89. The Labute approximate surface area is 135 Å². The molecule has 0 bridgehead atoms. The molecule has 1 aromatic carbocycles. The van der Waals surface area contributed by atoms with E-state index in [9.17, 15) is 8.42 Å². The minimum Gasteiger partial charge on any atom is -0.377 e. The molecule has 0 amide bonds. The highest BCUT2D eigenvalue weighted by atomic mass is 35.5. The van der Waals surface area contributed by atoms with Crippen LogP contribution in [-0.4, -0.2) is 27.2 Å². The number of benzene rings is 1. The molecule has 4 nitrogen and oxygen atoms in total. The van der Waals surface area contributed by atoms with Gasteiger partial charge >= 0.3 is 0 Å². The predicted octanol–water partition coefficient (Wildman–Crippen LogP) is 3.46. The molecule has 1 heterocycles. The van der Waals surface area contributed by atoms with Crippen LogP contribution in [-0.2, 0) is 14.8 Å². The van der Waals surface area contributed by atoms with Crippen molar-refractivity contribution in [1.82, 2.24) is 4.72 Å². The van der Waals surface area contributed by atoms with Gasteiger partial charge in [-0.05, 0) is 50.8 Å². The third kappa shape index (κ3) is 3.54. The maximum absolute atomic E-state index is 12.6. The number of hydrogen-bond donors (Lipinski definition) is 1. The van der Waals surface area contributed by atoms with E-state index in [0.717, 1.165) is 12.8 Å². The second-order valence-electron chi connectivity index (χ2n) is 5.40. The first-order valence-electron chi connectivity index (χ1n) is 6.83. The summed E-state index contributed by atoms with van der Waals surface area (Å²) in [6.07, 6.45) is 1.71. The summed E-state index contributed by atoms with van der Waals surface area (Å²) in [5.74, 6) is 0. The first-order chi connectivity index (χ1) is 9.74. The van der Waals surface area contributed by atoms with Gasteiger partial charge in [0, 0.05) is 17.7 Å². The standard InChI is InChI=1S/C14H19Cl2NO3S/c1-8-7-11(15)9(2)14(13(8)16)21(18,19)17-10(3)12-5-4-6-20-12/h7,10,12,17H,4-6H2,1-3H3. The van der Waals surface area contributed by atoms with Crippen LogP contribution in [0.15, 0.2) is 11.0 Å². The maximum atomic E-state index is 12.6. The number of aryl methyl sites for hydroxylation is 1. The van der Waals surface area contributed by atoms with E-state index in [1.165, 1.54) is 0 Å². The first-order valence-corrected chi connectivity index (χ1v) is 9.07. The zero-order valence-corrected chi connectivity index (χ0v) is 14.6. The summed E-state index contributed by atoms with van der Waals surface area (Å²) < 4.78 is 33.4. The zero-order chi connectivity index (χ0) is 15.8. The van der Waals surface area contributed by atoms with Crippen LogP contribution in [0.2, 0.25) is 10.0 Å². The van der Waals surface area contributed by atoms with Gasteiger partial charge in [0.15, 0.2) is 0 Å². The summed E-state index contributed by atoms with van der Waals surface area (Å²) in [7, 11) is -3.75. The van der Waals surface area contributed by atoms with Crippen molar-refractivity contribution in [1.29, 1.82) is 0 Å². The van der Waals surface area contributed by atoms with Crippen LogP contribution in [0.1, 0.15) is 30.9 Å². The number of sulfonamides is 1. The van der Waals surface area contributed by atoms with E-state index in [2.05, 4.69) is 4.72 Å². The zero-order valence-electron chi connectivity index (χ0n) is 12.2. The van der Waals surface area contributed by atoms with Gasteiger partial charge in [-0.1, -0.05) is 23.2 Å². The molecule has 1 aliphatic heterocycles. The van der Waals surface area contributed by atoms with Crippen molar-refractivity contribution in [2.45, 2.75) is 50.7 Å². The molecule has 2 atom stereocenters.